The number of hydrogen-bond donors (Lipinski definition) is 0. The maximum absolute atomic E-state index is 5.98. The van der Waals surface area contributed by atoms with Crippen LogP contribution in [-0.4, -0.2) is 24.4 Å². The summed E-state index contributed by atoms with van der Waals surface area (Å²) in [6.07, 6.45) is 5.83. The molecule has 2 heteroatoms. The van der Waals surface area contributed by atoms with Crippen LogP contribution in [0.1, 0.15) is 12.8 Å². The molecule has 16 heavy (non-hydrogen) atoms. The summed E-state index contributed by atoms with van der Waals surface area (Å²) in [4.78, 5) is 0. The lowest BCUT2D eigenvalue weighted by Crippen LogP contribution is -2.23. The minimum atomic E-state index is 0.690. The number of epoxide rings is 2. The summed E-state index contributed by atoms with van der Waals surface area (Å²) in [6, 6.07) is 0. The van der Waals surface area contributed by atoms with Gasteiger partial charge in [0.15, 0.2) is 0 Å². The van der Waals surface area contributed by atoms with Gasteiger partial charge in [0.1, 0.15) is 0 Å². The lowest BCUT2D eigenvalue weighted by molar-refractivity contribution is 0.122. The van der Waals surface area contributed by atoms with Crippen molar-refractivity contribution in [3.8, 4) is 0 Å². The van der Waals surface area contributed by atoms with E-state index in [9.17, 15) is 0 Å². The van der Waals surface area contributed by atoms with Crippen LogP contribution in [0.4, 0.5) is 0 Å². The highest BCUT2D eigenvalue weighted by Crippen LogP contribution is 2.80. The predicted octanol–water partition coefficient (Wildman–Crippen LogP) is 1.30. The highest BCUT2D eigenvalue weighted by molar-refractivity contribution is 5.29. The molecule has 2 nitrogen and oxygen atoms in total. The molecule has 7 aliphatic rings. The van der Waals surface area contributed by atoms with E-state index in [1.807, 2.05) is 0 Å². The molecule has 0 bridgehead atoms. The van der Waals surface area contributed by atoms with Crippen molar-refractivity contribution in [3.05, 3.63) is 0 Å². The van der Waals surface area contributed by atoms with E-state index >= 15 is 0 Å². The Bertz CT molecular complexity index is 396. The molecule has 2 unspecified atom stereocenters. The van der Waals surface area contributed by atoms with Gasteiger partial charge < -0.3 is 9.47 Å². The third kappa shape index (κ3) is 0.504. The third-order valence-electron chi connectivity index (χ3n) is 7.63. The molecule has 0 aromatic carbocycles. The largest absolute Gasteiger partial charge is 0.369 e. The lowest BCUT2D eigenvalue weighted by atomic mass is 9.86. The molecule has 5 saturated carbocycles. The zero-order chi connectivity index (χ0) is 9.76. The van der Waals surface area contributed by atoms with Crippen LogP contribution in [0.15, 0.2) is 0 Å². The zero-order valence-corrected chi connectivity index (χ0v) is 9.16. The highest BCUT2D eigenvalue weighted by Gasteiger charge is 2.82. The molecule has 2 saturated heterocycles. The third-order valence-corrected chi connectivity index (χ3v) is 7.63. The van der Waals surface area contributed by atoms with Gasteiger partial charge in [0, 0.05) is 0 Å². The number of ether oxygens (including phenoxy) is 2. The number of hydrogen-bond acceptors (Lipinski definition) is 2. The van der Waals surface area contributed by atoms with E-state index in [0.717, 1.165) is 47.3 Å². The molecular weight excluding hydrogens is 200 g/mol. The molecule has 0 radical (unpaired) electrons. The maximum atomic E-state index is 5.98. The lowest BCUT2D eigenvalue weighted by Gasteiger charge is -2.21. The van der Waals surface area contributed by atoms with Gasteiger partial charge in [-0.1, -0.05) is 0 Å². The Morgan fingerprint density at radius 2 is 1.12 bits per heavy atom. The molecule has 2 heterocycles. The van der Waals surface area contributed by atoms with Crippen LogP contribution in [-0.2, 0) is 9.47 Å². The van der Waals surface area contributed by atoms with E-state index in [1.54, 1.807) is 0 Å². The summed E-state index contributed by atoms with van der Waals surface area (Å²) in [5.41, 5.74) is 0. The predicted molar refractivity (Wildman–Crippen MR) is 54.5 cm³/mol. The first-order chi connectivity index (χ1) is 7.93. The fourth-order valence-electron chi connectivity index (χ4n) is 7.64. The molecule has 0 aromatic heterocycles. The van der Waals surface area contributed by atoms with E-state index in [0.29, 0.717) is 24.4 Å². The summed E-state index contributed by atoms with van der Waals surface area (Å²) in [5, 5.41) is 0. The smallest absolute Gasteiger partial charge is 0.0879 e. The van der Waals surface area contributed by atoms with Crippen molar-refractivity contribution in [1.29, 1.82) is 0 Å². The summed E-state index contributed by atoms with van der Waals surface area (Å²) in [6.45, 7) is 0. The fraction of sp³-hybridized carbons (Fsp3) is 1.00. The van der Waals surface area contributed by atoms with Crippen LogP contribution in [0.25, 0.3) is 0 Å². The van der Waals surface area contributed by atoms with Crippen molar-refractivity contribution >= 4 is 0 Å². The summed E-state index contributed by atoms with van der Waals surface area (Å²) in [7, 11) is 0. The topological polar surface area (TPSA) is 25.1 Å². The van der Waals surface area contributed by atoms with Gasteiger partial charge in [-0.05, 0) is 60.2 Å². The Hall–Kier alpha value is -0.0800. The minimum absolute atomic E-state index is 0.690. The number of rotatable bonds is 0. The molecule has 0 amide bonds. The molecule has 12 atom stereocenters. The van der Waals surface area contributed by atoms with Gasteiger partial charge >= 0.3 is 0 Å². The Morgan fingerprint density at radius 1 is 0.562 bits per heavy atom. The molecule has 0 aromatic rings. The van der Waals surface area contributed by atoms with Crippen LogP contribution in [0.2, 0.25) is 0 Å². The van der Waals surface area contributed by atoms with E-state index in [-0.39, 0.29) is 0 Å². The zero-order valence-electron chi connectivity index (χ0n) is 9.16. The SMILES string of the molecule is C1C2C[C@H]3[C@H]4O[C@H]4[C@@H]4[C@H]3C2[C@@H]2[C@H]1[C@@H]1O[C@@H]1[C@@H]24. The minimum Gasteiger partial charge on any atom is -0.369 e. The van der Waals surface area contributed by atoms with Gasteiger partial charge in [-0.3, -0.25) is 0 Å². The van der Waals surface area contributed by atoms with Gasteiger partial charge in [-0.25, -0.2) is 0 Å². The van der Waals surface area contributed by atoms with Crippen LogP contribution in [0.5, 0.6) is 0 Å². The average Bonchev–Trinajstić information content (AvgIpc) is 3.00. The summed E-state index contributed by atoms with van der Waals surface area (Å²) in [5.74, 6) is 8.21. The summed E-state index contributed by atoms with van der Waals surface area (Å²) >= 11 is 0. The van der Waals surface area contributed by atoms with Gasteiger partial charge in [0.25, 0.3) is 0 Å². The standard InChI is InChI=1S/C14H16O2/c1-3-2-5-8-6(3)7-4(1)11-13(15-11)9(7)10(8)14-12(5)16-14/h3-14H,1-2H2/t3?,4-,5+,6?,7-,8+,9-,10+,11-,12+,13+,14-. The van der Waals surface area contributed by atoms with Crippen LogP contribution in [0, 0.1) is 47.3 Å². The normalized spacial score (nSPS) is 87.0. The first-order valence-electron chi connectivity index (χ1n) is 7.24. The van der Waals surface area contributed by atoms with E-state index < -0.39 is 0 Å². The fourth-order valence-corrected chi connectivity index (χ4v) is 7.64. The Kier molecular flexibility index (Phi) is 0.836. The monoisotopic (exact) mass is 216 g/mol. The van der Waals surface area contributed by atoms with Crippen molar-refractivity contribution in [2.24, 2.45) is 47.3 Å². The van der Waals surface area contributed by atoms with Crippen LogP contribution >= 0.6 is 0 Å². The van der Waals surface area contributed by atoms with Crippen LogP contribution in [0.3, 0.4) is 0 Å². The van der Waals surface area contributed by atoms with E-state index in [1.165, 1.54) is 12.8 Å². The van der Waals surface area contributed by atoms with E-state index in [4.69, 9.17) is 9.47 Å². The van der Waals surface area contributed by atoms with Crippen LogP contribution < -0.4 is 0 Å². The molecule has 84 valence electrons. The molecule has 5 aliphatic carbocycles. The quantitative estimate of drug-likeness (QED) is 0.570. The van der Waals surface area contributed by atoms with Gasteiger partial charge in [0.05, 0.1) is 24.4 Å². The maximum Gasteiger partial charge on any atom is 0.0879 e. The first-order valence-corrected chi connectivity index (χ1v) is 7.24. The molecule has 7 fully saturated rings. The molecular formula is C14H16O2. The Morgan fingerprint density at radius 3 is 1.69 bits per heavy atom. The molecule has 0 spiro atoms. The molecule has 2 aliphatic heterocycles. The number of fused-ring (bicyclic) bond motifs is 7. The average molecular weight is 216 g/mol. The van der Waals surface area contributed by atoms with Gasteiger partial charge in [-0.2, -0.15) is 0 Å². The Balaban J connectivity index is 1.52. The van der Waals surface area contributed by atoms with Crippen molar-refractivity contribution in [1.82, 2.24) is 0 Å². The molecule has 7 rings (SSSR count). The van der Waals surface area contributed by atoms with Gasteiger partial charge in [0.2, 0.25) is 0 Å². The second-order valence-corrected chi connectivity index (χ2v) is 7.58. The van der Waals surface area contributed by atoms with Gasteiger partial charge in [-0.15, -0.1) is 0 Å². The van der Waals surface area contributed by atoms with E-state index in [2.05, 4.69) is 0 Å². The molecule has 0 N–H and O–H groups in total. The second-order valence-electron chi connectivity index (χ2n) is 7.58. The highest BCUT2D eigenvalue weighted by atomic mass is 16.6. The summed E-state index contributed by atoms with van der Waals surface area (Å²) < 4.78 is 12.0. The van der Waals surface area contributed by atoms with Crippen molar-refractivity contribution in [3.63, 3.8) is 0 Å². The van der Waals surface area contributed by atoms with Crippen molar-refractivity contribution in [2.75, 3.05) is 0 Å². The Labute approximate surface area is 94.7 Å². The first kappa shape index (κ1) is 7.38. The second kappa shape index (κ2) is 1.81. The van der Waals surface area contributed by atoms with Crippen molar-refractivity contribution < 1.29 is 9.47 Å². The van der Waals surface area contributed by atoms with Crippen molar-refractivity contribution in [2.45, 2.75) is 37.3 Å².